The lowest BCUT2D eigenvalue weighted by molar-refractivity contribution is -0.118. The Morgan fingerprint density at radius 1 is 1.29 bits per heavy atom. The van der Waals surface area contributed by atoms with Crippen molar-refractivity contribution in [3.05, 3.63) is 23.8 Å². The van der Waals surface area contributed by atoms with Crippen LogP contribution in [0.25, 0.3) is 0 Å². The molecule has 17 heavy (non-hydrogen) atoms. The lowest BCUT2D eigenvalue weighted by Crippen LogP contribution is -2.30. The number of nitrogen functional groups attached to an aromatic ring is 2. The summed E-state index contributed by atoms with van der Waals surface area (Å²) in [6.45, 7) is 1.94. The smallest absolute Gasteiger partial charge is 0.253 e. The van der Waals surface area contributed by atoms with Crippen molar-refractivity contribution >= 4 is 23.1 Å². The molecule has 0 bridgehead atoms. The molecule has 0 fully saturated rings. The van der Waals surface area contributed by atoms with Crippen molar-refractivity contribution in [3.8, 4) is 0 Å². The third-order valence-electron chi connectivity index (χ3n) is 2.36. The third-order valence-corrected chi connectivity index (χ3v) is 2.36. The Kier molecular flexibility index (Phi) is 4.51. The third kappa shape index (κ3) is 3.48. The number of nitrogens with two attached hydrogens (primary N) is 2. The zero-order valence-corrected chi connectivity index (χ0v) is 9.82. The van der Waals surface area contributed by atoms with Gasteiger partial charge >= 0.3 is 0 Å². The molecule has 5 heteroatoms. The van der Waals surface area contributed by atoms with Gasteiger partial charge in [-0.2, -0.15) is 0 Å². The van der Waals surface area contributed by atoms with Crippen molar-refractivity contribution < 1.29 is 9.59 Å². The number of anilines is 2. The minimum absolute atomic E-state index is 0.00308. The Balaban J connectivity index is 2.64. The van der Waals surface area contributed by atoms with Crippen molar-refractivity contribution in [2.45, 2.75) is 19.8 Å². The SMILES string of the molecule is CCCC(=O)CNC(=O)c1cccc(N)c1N. The first-order chi connectivity index (χ1) is 8.06. The molecule has 0 heterocycles. The van der Waals surface area contributed by atoms with Crippen LogP contribution in [-0.4, -0.2) is 18.2 Å². The predicted octanol–water partition coefficient (Wildman–Crippen LogP) is 0.950. The molecule has 5 N–H and O–H groups in total. The number of para-hydroxylation sites is 1. The number of rotatable bonds is 5. The average molecular weight is 235 g/mol. The number of nitrogens with one attached hydrogen (secondary N) is 1. The first kappa shape index (κ1) is 13.0. The summed E-state index contributed by atoms with van der Waals surface area (Å²) in [6.07, 6.45) is 1.24. The number of hydrogen-bond donors (Lipinski definition) is 3. The molecule has 1 aromatic rings. The summed E-state index contributed by atoms with van der Waals surface area (Å²) in [5, 5.41) is 2.53. The molecular formula is C12H17N3O2. The fourth-order valence-corrected chi connectivity index (χ4v) is 1.42. The second-order valence-corrected chi connectivity index (χ2v) is 3.78. The maximum Gasteiger partial charge on any atom is 0.253 e. The van der Waals surface area contributed by atoms with Crippen molar-refractivity contribution in [2.75, 3.05) is 18.0 Å². The summed E-state index contributed by atoms with van der Waals surface area (Å²) in [5.41, 5.74) is 12.2. The number of benzene rings is 1. The predicted molar refractivity (Wildman–Crippen MR) is 67.5 cm³/mol. The van der Waals surface area contributed by atoms with E-state index in [9.17, 15) is 9.59 Å². The topological polar surface area (TPSA) is 98.2 Å². The number of hydrogen-bond acceptors (Lipinski definition) is 4. The highest BCUT2D eigenvalue weighted by Gasteiger charge is 2.11. The highest BCUT2D eigenvalue weighted by molar-refractivity contribution is 6.02. The van der Waals surface area contributed by atoms with Gasteiger partial charge in [0.25, 0.3) is 5.91 Å². The van der Waals surface area contributed by atoms with Crippen molar-refractivity contribution in [1.29, 1.82) is 0 Å². The van der Waals surface area contributed by atoms with Crippen LogP contribution in [-0.2, 0) is 4.79 Å². The van der Waals surface area contributed by atoms with E-state index in [1.807, 2.05) is 6.92 Å². The maximum atomic E-state index is 11.7. The Bertz CT molecular complexity index is 430. The molecule has 5 nitrogen and oxygen atoms in total. The fourth-order valence-electron chi connectivity index (χ4n) is 1.42. The van der Waals surface area contributed by atoms with E-state index < -0.39 is 0 Å². The van der Waals surface area contributed by atoms with Crippen LogP contribution in [0.1, 0.15) is 30.1 Å². The largest absolute Gasteiger partial charge is 0.397 e. The highest BCUT2D eigenvalue weighted by atomic mass is 16.2. The Morgan fingerprint density at radius 2 is 2.00 bits per heavy atom. The van der Waals surface area contributed by atoms with Crippen LogP contribution < -0.4 is 16.8 Å². The highest BCUT2D eigenvalue weighted by Crippen LogP contribution is 2.18. The van der Waals surface area contributed by atoms with Gasteiger partial charge in [0.05, 0.1) is 23.5 Å². The van der Waals surface area contributed by atoms with Crippen LogP contribution in [0, 0.1) is 0 Å². The van der Waals surface area contributed by atoms with Gasteiger partial charge in [-0.05, 0) is 18.6 Å². The molecule has 0 aromatic heterocycles. The van der Waals surface area contributed by atoms with E-state index in [1.165, 1.54) is 0 Å². The van der Waals surface area contributed by atoms with Crippen LogP contribution in [0.5, 0.6) is 0 Å². The van der Waals surface area contributed by atoms with Crippen molar-refractivity contribution in [2.24, 2.45) is 0 Å². The second kappa shape index (κ2) is 5.89. The van der Waals surface area contributed by atoms with Gasteiger partial charge in [0, 0.05) is 6.42 Å². The summed E-state index contributed by atoms with van der Waals surface area (Å²) < 4.78 is 0. The summed E-state index contributed by atoms with van der Waals surface area (Å²) in [7, 11) is 0. The molecule has 0 aliphatic heterocycles. The van der Waals surface area contributed by atoms with E-state index in [4.69, 9.17) is 11.5 Å². The fraction of sp³-hybridized carbons (Fsp3) is 0.333. The summed E-state index contributed by atoms with van der Waals surface area (Å²) in [5.74, 6) is -0.373. The van der Waals surface area contributed by atoms with Gasteiger partial charge in [-0.25, -0.2) is 0 Å². The van der Waals surface area contributed by atoms with E-state index in [-0.39, 0.29) is 23.9 Å². The van der Waals surface area contributed by atoms with Crippen molar-refractivity contribution in [3.63, 3.8) is 0 Å². The molecule has 0 spiro atoms. The number of carbonyl (C=O) groups excluding carboxylic acids is 2. The quantitative estimate of drug-likeness (QED) is 0.662. The summed E-state index contributed by atoms with van der Waals surface area (Å²) in [6, 6.07) is 4.84. The number of Topliss-reactive ketones (excluding diaryl/α,β-unsaturated/α-hetero) is 1. The molecule has 0 saturated carbocycles. The molecular weight excluding hydrogens is 218 g/mol. The molecule has 1 aromatic carbocycles. The minimum atomic E-state index is -0.376. The normalized spacial score (nSPS) is 9.94. The molecule has 0 aliphatic carbocycles. The Labute approximate surface area is 100 Å². The molecule has 0 aliphatic rings. The first-order valence-corrected chi connectivity index (χ1v) is 5.50. The molecule has 1 rings (SSSR count). The molecule has 0 saturated heterocycles. The van der Waals surface area contributed by atoms with E-state index in [2.05, 4.69) is 5.32 Å². The molecule has 0 atom stereocenters. The van der Waals surface area contributed by atoms with Gasteiger partial charge in [-0.15, -0.1) is 0 Å². The average Bonchev–Trinajstić information content (AvgIpc) is 2.30. The van der Waals surface area contributed by atoms with E-state index in [1.54, 1.807) is 18.2 Å². The number of carbonyl (C=O) groups is 2. The van der Waals surface area contributed by atoms with Crippen LogP contribution in [0.2, 0.25) is 0 Å². The summed E-state index contributed by atoms with van der Waals surface area (Å²) >= 11 is 0. The van der Waals surface area contributed by atoms with Gasteiger partial charge in [-0.1, -0.05) is 13.0 Å². The van der Waals surface area contributed by atoms with E-state index >= 15 is 0 Å². The maximum absolute atomic E-state index is 11.7. The van der Waals surface area contributed by atoms with Crippen LogP contribution in [0.3, 0.4) is 0 Å². The molecule has 0 radical (unpaired) electrons. The molecule has 1 amide bonds. The van der Waals surface area contributed by atoms with Crippen LogP contribution in [0.4, 0.5) is 11.4 Å². The number of ketones is 1. The van der Waals surface area contributed by atoms with Crippen molar-refractivity contribution in [1.82, 2.24) is 5.32 Å². The molecule has 92 valence electrons. The van der Waals surface area contributed by atoms with Gasteiger partial charge < -0.3 is 16.8 Å². The van der Waals surface area contributed by atoms with E-state index in [0.717, 1.165) is 6.42 Å². The van der Waals surface area contributed by atoms with E-state index in [0.29, 0.717) is 17.7 Å². The van der Waals surface area contributed by atoms with Gasteiger partial charge in [0.15, 0.2) is 5.78 Å². The minimum Gasteiger partial charge on any atom is -0.397 e. The standard InChI is InChI=1S/C12H17N3O2/c1-2-4-8(16)7-15-12(17)9-5-3-6-10(13)11(9)14/h3,5-6H,2,4,7,13-14H2,1H3,(H,15,17). The van der Waals surface area contributed by atoms with Gasteiger partial charge in [-0.3, -0.25) is 9.59 Å². The number of amides is 1. The zero-order chi connectivity index (χ0) is 12.8. The Hall–Kier alpha value is -2.04. The van der Waals surface area contributed by atoms with Gasteiger partial charge in [0.1, 0.15) is 0 Å². The summed E-state index contributed by atoms with van der Waals surface area (Å²) in [4.78, 5) is 23.0. The zero-order valence-electron chi connectivity index (χ0n) is 9.82. The van der Waals surface area contributed by atoms with Gasteiger partial charge in [0.2, 0.25) is 0 Å². The second-order valence-electron chi connectivity index (χ2n) is 3.78. The van der Waals surface area contributed by atoms with Crippen LogP contribution in [0.15, 0.2) is 18.2 Å². The lowest BCUT2D eigenvalue weighted by atomic mass is 10.1. The first-order valence-electron chi connectivity index (χ1n) is 5.50. The van der Waals surface area contributed by atoms with Crippen LogP contribution >= 0.6 is 0 Å². The molecule has 0 unspecified atom stereocenters. The lowest BCUT2D eigenvalue weighted by Gasteiger charge is -2.08. The monoisotopic (exact) mass is 235 g/mol. The Morgan fingerprint density at radius 3 is 2.65 bits per heavy atom.